The molecule has 1 aromatic heterocycles. The van der Waals surface area contributed by atoms with E-state index in [0.717, 1.165) is 0 Å². The number of aromatic nitrogens is 1. The van der Waals surface area contributed by atoms with Gasteiger partial charge in [0.25, 0.3) is 0 Å². The molecule has 0 aliphatic heterocycles. The molecular formula is C7H13NS. The van der Waals surface area contributed by atoms with Crippen molar-refractivity contribution in [1.29, 1.82) is 0 Å². The van der Waals surface area contributed by atoms with Crippen LogP contribution in [0, 0.1) is 6.92 Å². The zero-order valence-corrected chi connectivity index (χ0v) is 7.03. The van der Waals surface area contributed by atoms with E-state index < -0.39 is 0 Å². The first-order valence-electron chi connectivity index (χ1n) is 3.16. The summed E-state index contributed by atoms with van der Waals surface area (Å²) in [6, 6.07) is 0. The highest BCUT2D eigenvalue weighted by molar-refractivity contribution is 7.09. The number of thiazole rings is 1. The summed E-state index contributed by atoms with van der Waals surface area (Å²) < 4.78 is 0. The first kappa shape index (κ1) is 8.63. The molecule has 0 fully saturated rings. The molecule has 1 nitrogen and oxygen atoms in total. The van der Waals surface area contributed by atoms with Crippen LogP contribution in [0.3, 0.4) is 0 Å². The lowest BCUT2D eigenvalue weighted by molar-refractivity contribution is 1.09. The Kier molecular flexibility index (Phi) is 5.52. The van der Waals surface area contributed by atoms with E-state index >= 15 is 0 Å². The van der Waals surface area contributed by atoms with E-state index in [1.807, 2.05) is 18.6 Å². The number of rotatable bonds is 0. The highest BCUT2D eigenvalue weighted by Crippen LogP contribution is 1.99. The van der Waals surface area contributed by atoms with Gasteiger partial charge in [-0.15, -0.1) is 11.3 Å². The first-order valence-corrected chi connectivity index (χ1v) is 4.04. The van der Waals surface area contributed by atoms with Crippen LogP contribution in [0.25, 0.3) is 0 Å². The smallest absolute Gasteiger partial charge is 0.0794 e. The molecular weight excluding hydrogens is 130 g/mol. The maximum absolute atomic E-state index is 3.84. The molecule has 0 unspecified atom stereocenters. The Balaban J connectivity index is 0.000000187. The van der Waals surface area contributed by atoms with Gasteiger partial charge in [0, 0.05) is 11.1 Å². The molecule has 1 heterocycles. The van der Waals surface area contributed by atoms with Crippen LogP contribution in [0.4, 0.5) is 0 Å². The molecule has 0 N–H and O–H groups in total. The van der Waals surface area contributed by atoms with Gasteiger partial charge in [0.05, 0.1) is 5.51 Å². The number of hydrogen-bond acceptors (Lipinski definition) is 2. The third-order valence-corrected chi connectivity index (χ3v) is 1.26. The lowest BCUT2D eigenvalue weighted by atomic mass is 10.6. The lowest BCUT2D eigenvalue weighted by Crippen LogP contribution is -1.48. The van der Waals surface area contributed by atoms with E-state index in [9.17, 15) is 0 Å². The van der Waals surface area contributed by atoms with Crippen molar-refractivity contribution in [1.82, 2.24) is 4.98 Å². The summed E-state index contributed by atoms with van der Waals surface area (Å²) in [7, 11) is 0. The minimum absolute atomic E-state index is 1.25. The second kappa shape index (κ2) is 5.76. The van der Waals surface area contributed by atoms with Crippen LogP contribution in [-0.2, 0) is 0 Å². The molecule has 0 spiro atoms. The molecule has 0 radical (unpaired) electrons. The Morgan fingerprint density at radius 1 is 1.56 bits per heavy atom. The Morgan fingerprint density at radius 3 is 2.22 bits per heavy atom. The quantitative estimate of drug-likeness (QED) is 0.544. The standard InChI is InChI=1S/C4H5NS.C3H8/c1-4-2-5-3-6-4;1-3-2/h2-3H,1H3;3H2,1-2H3. The molecule has 2 heteroatoms. The maximum Gasteiger partial charge on any atom is 0.0794 e. The molecule has 1 rings (SSSR count). The second-order valence-corrected chi connectivity index (χ2v) is 2.91. The second-order valence-electron chi connectivity index (χ2n) is 1.82. The topological polar surface area (TPSA) is 12.9 Å². The summed E-state index contributed by atoms with van der Waals surface area (Å²) in [5.74, 6) is 0. The van der Waals surface area contributed by atoms with Gasteiger partial charge in [-0.3, -0.25) is 4.98 Å². The Hall–Kier alpha value is -0.370. The molecule has 0 saturated carbocycles. The van der Waals surface area contributed by atoms with Gasteiger partial charge >= 0.3 is 0 Å². The van der Waals surface area contributed by atoms with Crippen LogP contribution in [-0.4, -0.2) is 4.98 Å². The van der Waals surface area contributed by atoms with Crippen LogP contribution in [0.15, 0.2) is 11.7 Å². The van der Waals surface area contributed by atoms with E-state index in [-0.39, 0.29) is 0 Å². The van der Waals surface area contributed by atoms with Gasteiger partial charge in [-0.2, -0.15) is 0 Å². The first-order chi connectivity index (χ1) is 4.31. The minimum Gasteiger partial charge on any atom is -0.253 e. The molecule has 0 saturated heterocycles. The summed E-state index contributed by atoms with van der Waals surface area (Å²) in [6.07, 6.45) is 3.10. The van der Waals surface area contributed by atoms with Crippen LogP contribution < -0.4 is 0 Å². The largest absolute Gasteiger partial charge is 0.253 e. The monoisotopic (exact) mass is 143 g/mol. The number of nitrogens with zero attached hydrogens (tertiary/aromatic N) is 1. The zero-order valence-electron chi connectivity index (χ0n) is 6.22. The SMILES string of the molecule is CCC.Cc1cncs1. The Bertz CT molecular complexity index is 123. The van der Waals surface area contributed by atoms with Gasteiger partial charge in [-0.05, 0) is 6.92 Å². The highest BCUT2D eigenvalue weighted by atomic mass is 32.1. The van der Waals surface area contributed by atoms with Crippen molar-refractivity contribution >= 4 is 11.3 Å². The summed E-state index contributed by atoms with van der Waals surface area (Å²) in [5, 5.41) is 0. The van der Waals surface area contributed by atoms with Gasteiger partial charge in [0.2, 0.25) is 0 Å². The molecule has 9 heavy (non-hydrogen) atoms. The van der Waals surface area contributed by atoms with Gasteiger partial charge in [0.15, 0.2) is 0 Å². The van der Waals surface area contributed by atoms with Crippen molar-refractivity contribution in [2.24, 2.45) is 0 Å². The van der Waals surface area contributed by atoms with Crippen LogP contribution in [0.5, 0.6) is 0 Å². The van der Waals surface area contributed by atoms with Crippen molar-refractivity contribution in [2.75, 3.05) is 0 Å². The van der Waals surface area contributed by atoms with Crippen LogP contribution in [0.2, 0.25) is 0 Å². The van der Waals surface area contributed by atoms with Crippen molar-refractivity contribution < 1.29 is 0 Å². The molecule has 0 aliphatic rings. The van der Waals surface area contributed by atoms with Gasteiger partial charge in [-0.25, -0.2) is 0 Å². The molecule has 0 amide bonds. The molecule has 0 bridgehead atoms. The van der Waals surface area contributed by atoms with Crippen molar-refractivity contribution in [3.8, 4) is 0 Å². The van der Waals surface area contributed by atoms with Crippen molar-refractivity contribution in [3.05, 3.63) is 16.6 Å². The number of aryl methyl sites for hydroxylation is 1. The number of hydrogen-bond donors (Lipinski definition) is 0. The third-order valence-electron chi connectivity index (χ3n) is 0.556. The summed E-state index contributed by atoms with van der Waals surface area (Å²) >= 11 is 1.67. The molecule has 1 aromatic rings. The fourth-order valence-electron chi connectivity index (χ4n) is 0.279. The average molecular weight is 143 g/mol. The van der Waals surface area contributed by atoms with Crippen LogP contribution in [0.1, 0.15) is 25.1 Å². The third kappa shape index (κ3) is 5.50. The maximum atomic E-state index is 3.84. The summed E-state index contributed by atoms with van der Waals surface area (Å²) in [4.78, 5) is 5.11. The van der Waals surface area contributed by atoms with E-state index in [4.69, 9.17) is 0 Å². The summed E-state index contributed by atoms with van der Waals surface area (Å²) in [5.41, 5.74) is 1.83. The van der Waals surface area contributed by atoms with E-state index in [1.165, 1.54) is 11.3 Å². The van der Waals surface area contributed by atoms with E-state index in [1.54, 1.807) is 11.3 Å². The minimum atomic E-state index is 1.25. The molecule has 0 aromatic carbocycles. The van der Waals surface area contributed by atoms with E-state index in [0.29, 0.717) is 0 Å². The Morgan fingerprint density at radius 2 is 2.11 bits per heavy atom. The summed E-state index contributed by atoms with van der Waals surface area (Å²) in [6.45, 7) is 6.29. The lowest BCUT2D eigenvalue weighted by Gasteiger charge is -1.63. The van der Waals surface area contributed by atoms with E-state index in [2.05, 4.69) is 18.8 Å². The predicted octanol–water partition coefficient (Wildman–Crippen LogP) is 2.87. The molecule has 0 atom stereocenters. The average Bonchev–Trinajstić information content (AvgIpc) is 2.20. The highest BCUT2D eigenvalue weighted by Gasteiger charge is 1.76. The van der Waals surface area contributed by atoms with Crippen molar-refractivity contribution in [2.45, 2.75) is 27.2 Å². The molecule has 0 aliphatic carbocycles. The van der Waals surface area contributed by atoms with Gasteiger partial charge in [-0.1, -0.05) is 20.3 Å². The fourth-order valence-corrected chi connectivity index (χ4v) is 0.689. The normalized spacial score (nSPS) is 7.89. The predicted molar refractivity (Wildman–Crippen MR) is 42.8 cm³/mol. The fraction of sp³-hybridized carbons (Fsp3) is 0.571. The van der Waals surface area contributed by atoms with Gasteiger partial charge < -0.3 is 0 Å². The van der Waals surface area contributed by atoms with Gasteiger partial charge in [0.1, 0.15) is 0 Å². The Labute approximate surface area is 60.8 Å². The van der Waals surface area contributed by atoms with Crippen molar-refractivity contribution in [3.63, 3.8) is 0 Å². The van der Waals surface area contributed by atoms with Crippen LogP contribution >= 0.6 is 11.3 Å². The zero-order chi connectivity index (χ0) is 7.11. The molecule has 52 valence electrons.